The standard InChI is InChI=1S/C27H36N4O2/c1-20(2)32-18-26-16-30-11-8-25(26)13-22(4)33-19-27-17-29-10-7-24(27)12-21(3)31-15-23-6-5-9-28-14-23/h5-11,14,16-17,20-22,31H,12-13,15,18-19H2,1-4H3. The maximum Gasteiger partial charge on any atom is 0.0738 e. The van der Waals surface area contributed by atoms with E-state index in [1.165, 1.54) is 16.7 Å². The van der Waals surface area contributed by atoms with E-state index in [1.807, 2.05) is 50.9 Å². The molecule has 0 radical (unpaired) electrons. The minimum atomic E-state index is 0.0689. The van der Waals surface area contributed by atoms with Crippen molar-refractivity contribution in [1.29, 1.82) is 0 Å². The fraction of sp³-hybridized carbons (Fsp3) is 0.444. The van der Waals surface area contributed by atoms with Crippen LogP contribution in [0.1, 0.15) is 55.5 Å². The van der Waals surface area contributed by atoms with Gasteiger partial charge in [-0.1, -0.05) is 6.07 Å². The number of hydrogen-bond acceptors (Lipinski definition) is 6. The summed E-state index contributed by atoms with van der Waals surface area (Å²) in [6.07, 6.45) is 13.2. The molecule has 1 N–H and O–H groups in total. The highest BCUT2D eigenvalue weighted by atomic mass is 16.5. The normalized spacial score (nSPS) is 13.2. The number of rotatable bonds is 13. The molecule has 2 unspecified atom stereocenters. The number of ether oxygens (including phenoxy) is 2. The third-order valence-corrected chi connectivity index (χ3v) is 5.52. The second-order valence-electron chi connectivity index (χ2n) is 8.82. The topological polar surface area (TPSA) is 69.2 Å². The summed E-state index contributed by atoms with van der Waals surface area (Å²) in [5.41, 5.74) is 5.93. The lowest BCUT2D eigenvalue weighted by Gasteiger charge is -2.19. The molecule has 0 aliphatic heterocycles. The molecule has 3 aromatic heterocycles. The molecule has 6 nitrogen and oxygen atoms in total. The van der Waals surface area contributed by atoms with Crippen LogP contribution in [0, 0.1) is 0 Å². The number of nitrogens with one attached hydrogen (secondary N) is 1. The molecule has 3 rings (SSSR count). The van der Waals surface area contributed by atoms with Gasteiger partial charge < -0.3 is 14.8 Å². The van der Waals surface area contributed by atoms with Gasteiger partial charge in [0.05, 0.1) is 25.4 Å². The molecule has 0 amide bonds. The van der Waals surface area contributed by atoms with E-state index in [1.54, 1.807) is 6.20 Å². The second kappa shape index (κ2) is 13.1. The molecular formula is C27H36N4O2. The van der Waals surface area contributed by atoms with Gasteiger partial charge in [0.25, 0.3) is 0 Å². The van der Waals surface area contributed by atoms with Gasteiger partial charge in [0.15, 0.2) is 0 Å². The van der Waals surface area contributed by atoms with Crippen LogP contribution in [-0.4, -0.2) is 33.2 Å². The van der Waals surface area contributed by atoms with Crippen molar-refractivity contribution < 1.29 is 9.47 Å². The molecule has 0 saturated heterocycles. The zero-order valence-electron chi connectivity index (χ0n) is 20.2. The van der Waals surface area contributed by atoms with E-state index >= 15 is 0 Å². The second-order valence-corrected chi connectivity index (χ2v) is 8.82. The number of hydrogen-bond donors (Lipinski definition) is 1. The summed E-state index contributed by atoms with van der Waals surface area (Å²) in [6, 6.07) is 8.53. The van der Waals surface area contributed by atoms with Crippen LogP contribution in [0.4, 0.5) is 0 Å². The van der Waals surface area contributed by atoms with Crippen LogP contribution in [0.5, 0.6) is 0 Å². The van der Waals surface area contributed by atoms with Gasteiger partial charge in [-0.05, 0) is 86.6 Å². The fourth-order valence-corrected chi connectivity index (χ4v) is 3.62. The lowest BCUT2D eigenvalue weighted by Crippen LogP contribution is -2.28. The third kappa shape index (κ3) is 8.65. The summed E-state index contributed by atoms with van der Waals surface area (Å²) >= 11 is 0. The summed E-state index contributed by atoms with van der Waals surface area (Å²) in [4.78, 5) is 12.8. The van der Waals surface area contributed by atoms with Gasteiger partial charge in [0.2, 0.25) is 0 Å². The Bertz CT molecular complexity index is 965. The Kier molecular flexibility index (Phi) is 9.94. The van der Waals surface area contributed by atoms with Crippen LogP contribution in [0.15, 0.2) is 61.4 Å². The van der Waals surface area contributed by atoms with Gasteiger partial charge in [-0.15, -0.1) is 0 Å². The third-order valence-electron chi connectivity index (χ3n) is 5.52. The molecule has 0 aliphatic carbocycles. The Morgan fingerprint density at radius 2 is 1.36 bits per heavy atom. The van der Waals surface area contributed by atoms with Crippen molar-refractivity contribution in [2.45, 2.75) is 78.5 Å². The first-order valence-electron chi connectivity index (χ1n) is 11.7. The molecule has 0 saturated carbocycles. The van der Waals surface area contributed by atoms with Gasteiger partial charge in [-0.3, -0.25) is 15.0 Å². The van der Waals surface area contributed by atoms with Crippen molar-refractivity contribution in [3.63, 3.8) is 0 Å². The Morgan fingerprint density at radius 3 is 2.00 bits per heavy atom. The lowest BCUT2D eigenvalue weighted by molar-refractivity contribution is 0.0503. The summed E-state index contributed by atoms with van der Waals surface area (Å²) < 4.78 is 12.0. The highest BCUT2D eigenvalue weighted by Crippen LogP contribution is 2.16. The molecule has 3 heterocycles. The van der Waals surface area contributed by atoms with E-state index in [9.17, 15) is 0 Å². The molecule has 3 aromatic rings. The zero-order chi connectivity index (χ0) is 23.5. The maximum absolute atomic E-state index is 6.23. The van der Waals surface area contributed by atoms with E-state index in [0.29, 0.717) is 19.3 Å². The first-order valence-corrected chi connectivity index (χ1v) is 11.7. The summed E-state index contributed by atoms with van der Waals surface area (Å²) in [6.45, 7) is 10.3. The van der Waals surface area contributed by atoms with Crippen molar-refractivity contribution in [2.75, 3.05) is 0 Å². The van der Waals surface area contributed by atoms with Crippen LogP contribution in [0.25, 0.3) is 0 Å². The number of nitrogens with zero attached hydrogens (tertiary/aromatic N) is 3. The van der Waals surface area contributed by atoms with Crippen LogP contribution in [0.3, 0.4) is 0 Å². The van der Waals surface area contributed by atoms with Crippen LogP contribution >= 0.6 is 0 Å². The minimum absolute atomic E-state index is 0.0689. The highest BCUT2D eigenvalue weighted by molar-refractivity contribution is 5.25. The van der Waals surface area contributed by atoms with E-state index in [2.05, 4.69) is 52.3 Å². The quantitative estimate of drug-likeness (QED) is 0.410. The molecule has 2 atom stereocenters. The Hall–Kier alpha value is -2.67. The zero-order valence-corrected chi connectivity index (χ0v) is 20.2. The van der Waals surface area contributed by atoms with Crippen molar-refractivity contribution in [2.24, 2.45) is 0 Å². The van der Waals surface area contributed by atoms with E-state index in [-0.39, 0.29) is 12.2 Å². The molecule has 0 spiro atoms. The molecule has 0 aliphatic rings. The van der Waals surface area contributed by atoms with Crippen molar-refractivity contribution in [3.8, 4) is 0 Å². The predicted octanol–water partition coefficient (Wildman–Crippen LogP) is 4.67. The van der Waals surface area contributed by atoms with Crippen molar-refractivity contribution in [1.82, 2.24) is 20.3 Å². The van der Waals surface area contributed by atoms with Crippen molar-refractivity contribution >= 4 is 0 Å². The van der Waals surface area contributed by atoms with Gasteiger partial charge in [-0.2, -0.15) is 0 Å². The Morgan fingerprint density at radius 1 is 0.727 bits per heavy atom. The SMILES string of the molecule is CC(Cc1ccncc1COC(C)Cc1ccncc1COC(C)C)NCc1cccnc1. The molecule has 0 aromatic carbocycles. The molecule has 0 fully saturated rings. The smallest absolute Gasteiger partial charge is 0.0738 e. The Labute approximate surface area is 197 Å². The van der Waals surface area contributed by atoms with Gasteiger partial charge in [0, 0.05) is 49.8 Å². The van der Waals surface area contributed by atoms with Gasteiger partial charge in [-0.25, -0.2) is 0 Å². The molecule has 33 heavy (non-hydrogen) atoms. The summed E-state index contributed by atoms with van der Waals surface area (Å²) in [7, 11) is 0. The predicted molar refractivity (Wildman–Crippen MR) is 131 cm³/mol. The van der Waals surface area contributed by atoms with Crippen LogP contribution < -0.4 is 5.32 Å². The van der Waals surface area contributed by atoms with E-state index < -0.39 is 0 Å². The molecular weight excluding hydrogens is 412 g/mol. The first-order chi connectivity index (χ1) is 16.0. The lowest BCUT2D eigenvalue weighted by atomic mass is 10.0. The van der Waals surface area contributed by atoms with Crippen molar-refractivity contribution in [3.05, 3.63) is 89.3 Å². The van der Waals surface area contributed by atoms with Gasteiger partial charge >= 0.3 is 0 Å². The summed E-state index contributed by atoms with van der Waals surface area (Å²) in [5, 5.41) is 3.58. The summed E-state index contributed by atoms with van der Waals surface area (Å²) in [5.74, 6) is 0. The van der Waals surface area contributed by atoms with Crippen LogP contribution in [-0.2, 0) is 42.1 Å². The largest absolute Gasteiger partial charge is 0.374 e. The fourth-order valence-electron chi connectivity index (χ4n) is 3.62. The Balaban J connectivity index is 1.52. The van der Waals surface area contributed by atoms with Gasteiger partial charge in [0.1, 0.15) is 0 Å². The van der Waals surface area contributed by atoms with E-state index in [0.717, 1.165) is 30.5 Å². The molecule has 0 bridgehead atoms. The average Bonchev–Trinajstić information content (AvgIpc) is 2.82. The average molecular weight is 449 g/mol. The minimum Gasteiger partial charge on any atom is -0.374 e. The first kappa shape index (κ1) is 25.0. The monoisotopic (exact) mass is 448 g/mol. The van der Waals surface area contributed by atoms with Crippen LogP contribution in [0.2, 0.25) is 0 Å². The van der Waals surface area contributed by atoms with E-state index in [4.69, 9.17) is 9.47 Å². The number of pyridine rings is 3. The maximum atomic E-state index is 6.23. The molecule has 6 heteroatoms. The number of aromatic nitrogens is 3. The molecule has 176 valence electrons. The highest BCUT2D eigenvalue weighted by Gasteiger charge is 2.12.